The van der Waals surface area contributed by atoms with Crippen molar-refractivity contribution in [1.82, 2.24) is 10.2 Å². The Bertz CT molecular complexity index is 852. The number of urea groups is 1. The van der Waals surface area contributed by atoms with Crippen molar-refractivity contribution in [3.8, 4) is 11.5 Å². The molecule has 28 heavy (non-hydrogen) atoms. The third-order valence-electron chi connectivity index (χ3n) is 3.46. The summed E-state index contributed by atoms with van der Waals surface area (Å²) in [7, 11) is 1.16. The maximum atomic E-state index is 12.4. The zero-order chi connectivity index (χ0) is 20.8. The van der Waals surface area contributed by atoms with E-state index in [1.807, 2.05) is 22.6 Å². The molecule has 2 rings (SSSR count). The number of hydrogen-bond donors (Lipinski definition) is 2. The van der Waals surface area contributed by atoms with Crippen LogP contribution in [0.3, 0.4) is 0 Å². The number of imide groups is 1. The smallest absolute Gasteiger partial charge is 0.341 e. The van der Waals surface area contributed by atoms with Crippen molar-refractivity contribution < 1.29 is 38.5 Å². The highest BCUT2D eigenvalue weighted by molar-refractivity contribution is 14.1. The maximum absolute atomic E-state index is 12.4. The van der Waals surface area contributed by atoms with Crippen LogP contribution < -0.4 is 14.8 Å². The zero-order valence-corrected chi connectivity index (χ0v) is 17.1. The lowest BCUT2D eigenvalue weighted by atomic mass is 10.1. The molecule has 0 saturated carbocycles. The average Bonchev–Trinajstić information content (AvgIpc) is 2.88. The van der Waals surface area contributed by atoms with Crippen molar-refractivity contribution in [3.63, 3.8) is 0 Å². The number of esters is 1. The summed E-state index contributed by atoms with van der Waals surface area (Å²) in [5.41, 5.74) is 0.491. The van der Waals surface area contributed by atoms with Crippen LogP contribution in [0.15, 0.2) is 17.8 Å². The van der Waals surface area contributed by atoms with E-state index >= 15 is 0 Å². The summed E-state index contributed by atoms with van der Waals surface area (Å²) in [5, 5.41) is 11.2. The van der Waals surface area contributed by atoms with E-state index in [1.54, 1.807) is 19.1 Å². The van der Waals surface area contributed by atoms with Gasteiger partial charge in [-0.1, -0.05) is 0 Å². The fourth-order valence-corrected chi connectivity index (χ4v) is 3.06. The molecule has 1 aromatic rings. The third-order valence-corrected chi connectivity index (χ3v) is 4.26. The van der Waals surface area contributed by atoms with Gasteiger partial charge in [0, 0.05) is 0 Å². The average molecular weight is 504 g/mol. The molecule has 2 N–H and O–H groups in total. The molecule has 0 aliphatic carbocycles. The lowest BCUT2D eigenvalue weighted by molar-refractivity contribution is -0.143. The number of benzene rings is 1. The molecule has 10 nitrogen and oxygen atoms in total. The fourth-order valence-electron chi connectivity index (χ4n) is 2.28. The summed E-state index contributed by atoms with van der Waals surface area (Å²) in [4.78, 5) is 47.1. The van der Waals surface area contributed by atoms with E-state index in [9.17, 15) is 19.2 Å². The van der Waals surface area contributed by atoms with E-state index in [-0.39, 0.29) is 11.4 Å². The molecule has 11 heteroatoms. The maximum Gasteiger partial charge on any atom is 0.341 e. The van der Waals surface area contributed by atoms with Crippen molar-refractivity contribution in [2.45, 2.75) is 6.92 Å². The summed E-state index contributed by atoms with van der Waals surface area (Å²) in [6, 6.07) is 2.45. The summed E-state index contributed by atoms with van der Waals surface area (Å²) < 4.78 is 15.8. The normalized spacial score (nSPS) is 14.8. The molecule has 3 amide bonds. The number of rotatable bonds is 8. The van der Waals surface area contributed by atoms with Gasteiger partial charge in [0.15, 0.2) is 18.1 Å². The first-order chi connectivity index (χ1) is 13.3. The minimum absolute atomic E-state index is 0.0219. The van der Waals surface area contributed by atoms with E-state index in [0.717, 1.165) is 12.0 Å². The summed E-state index contributed by atoms with van der Waals surface area (Å²) in [5.74, 6) is -1.96. The minimum atomic E-state index is -1.13. The highest BCUT2D eigenvalue weighted by Crippen LogP contribution is 2.35. The molecular weight excluding hydrogens is 487 g/mol. The number of nitrogens with one attached hydrogen (secondary N) is 1. The highest BCUT2D eigenvalue weighted by atomic mass is 127. The first-order valence-electron chi connectivity index (χ1n) is 7.99. The third kappa shape index (κ3) is 5.12. The van der Waals surface area contributed by atoms with E-state index in [4.69, 9.17) is 14.6 Å². The highest BCUT2D eigenvalue weighted by Gasteiger charge is 2.35. The SMILES string of the molecule is CCOc1cc(/C=C2/NC(=O)N(CC(=O)OC)C2=O)cc(I)c1OCC(=O)O. The number of carbonyl (C=O) groups excluding carboxylic acids is 3. The topological polar surface area (TPSA) is 131 Å². The number of carboxylic acid groups (broad SMARTS) is 1. The number of carboxylic acids is 1. The number of hydrogen-bond acceptors (Lipinski definition) is 7. The number of ether oxygens (including phenoxy) is 3. The van der Waals surface area contributed by atoms with Crippen LogP contribution in [-0.4, -0.2) is 60.8 Å². The minimum Gasteiger partial charge on any atom is -0.490 e. The molecule has 1 heterocycles. The number of halogens is 1. The number of aliphatic carboxylic acids is 1. The molecule has 1 fully saturated rings. The van der Waals surface area contributed by atoms with Crippen LogP contribution >= 0.6 is 22.6 Å². The molecule has 0 atom stereocenters. The van der Waals surface area contributed by atoms with Crippen molar-refractivity contribution in [2.75, 3.05) is 26.9 Å². The van der Waals surface area contributed by atoms with E-state index in [0.29, 0.717) is 21.5 Å². The van der Waals surface area contributed by atoms with E-state index in [2.05, 4.69) is 10.1 Å². The Labute approximate surface area is 173 Å². The molecule has 0 spiro atoms. The number of amides is 3. The van der Waals surface area contributed by atoms with Gasteiger partial charge in [-0.25, -0.2) is 14.5 Å². The van der Waals surface area contributed by atoms with E-state index < -0.39 is 37.0 Å². The molecule has 0 aromatic heterocycles. The Balaban J connectivity index is 2.32. The van der Waals surface area contributed by atoms with Crippen LogP contribution in [0, 0.1) is 3.57 Å². The van der Waals surface area contributed by atoms with Gasteiger partial charge in [0.2, 0.25) is 0 Å². The summed E-state index contributed by atoms with van der Waals surface area (Å²) >= 11 is 1.95. The lowest BCUT2D eigenvalue weighted by Gasteiger charge is -2.13. The van der Waals surface area contributed by atoms with Gasteiger partial charge in [-0.2, -0.15) is 0 Å². The second-order valence-electron chi connectivity index (χ2n) is 5.40. The number of carbonyl (C=O) groups is 4. The second-order valence-corrected chi connectivity index (χ2v) is 6.56. The molecule has 1 saturated heterocycles. The quantitative estimate of drug-likeness (QED) is 0.234. The second kappa shape index (κ2) is 9.39. The van der Waals surface area contributed by atoms with Gasteiger partial charge < -0.3 is 24.6 Å². The van der Waals surface area contributed by atoms with Gasteiger partial charge in [-0.3, -0.25) is 9.59 Å². The van der Waals surface area contributed by atoms with Crippen LogP contribution in [0.25, 0.3) is 6.08 Å². The van der Waals surface area contributed by atoms with Crippen LogP contribution in [-0.2, 0) is 19.1 Å². The van der Waals surface area contributed by atoms with Crippen molar-refractivity contribution in [3.05, 3.63) is 27.0 Å². The molecule has 0 radical (unpaired) electrons. The van der Waals surface area contributed by atoms with Crippen LogP contribution in [0.2, 0.25) is 0 Å². The molecule has 1 aromatic carbocycles. The first kappa shape index (κ1) is 21.5. The van der Waals surface area contributed by atoms with Gasteiger partial charge in [-0.15, -0.1) is 0 Å². The van der Waals surface area contributed by atoms with Crippen LogP contribution in [0.5, 0.6) is 11.5 Å². The largest absolute Gasteiger partial charge is 0.490 e. The van der Waals surface area contributed by atoms with Crippen molar-refractivity contribution in [1.29, 1.82) is 0 Å². The molecule has 0 unspecified atom stereocenters. The molecule has 1 aliphatic rings. The Morgan fingerprint density at radius 1 is 1.29 bits per heavy atom. The van der Waals surface area contributed by atoms with Crippen molar-refractivity contribution in [2.24, 2.45) is 0 Å². The summed E-state index contributed by atoms with van der Waals surface area (Å²) in [6.07, 6.45) is 1.42. The molecular formula is C17H17IN2O8. The van der Waals surface area contributed by atoms with Gasteiger partial charge in [0.1, 0.15) is 12.2 Å². The monoisotopic (exact) mass is 504 g/mol. The standard InChI is InChI=1S/C17H17IN2O8/c1-3-27-12-6-9(4-10(18)15(12)28-8-13(21)22)5-11-16(24)20(17(25)19-11)7-14(23)26-2/h4-6H,3,7-8H2,1-2H3,(H,19,25)(H,21,22)/b11-5+. The molecule has 150 valence electrons. The van der Waals surface area contributed by atoms with Gasteiger partial charge >= 0.3 is 18.0 Å². The Morgan fingerprint density at radius 2 is 2.00 bits per heavy atom. The Morgan fingerprint density at radius 3 is 2.61 bits per heavy atom. The summed E-state index contributed by atoms with van der Waals surface area (Å²) in [6.45, 7) is 1.03. The van der Waals surface area contributed by atoms with Gasteiger partial charge in [0.05, 0.1) is 17.3 Å². The number of methoxy groups -OCH3 is 1. The predicted octanol–water partition coefficient (Wildman–Crippen LogP) is 1.22. The van der Waals surface area contributed by atoms with Gasteiger partial charge in [0.25, 0.3) is 5.91 Å². The van der Waals surface area contributed by atoms with Gasteiger partial charge in [-0.05, 0) is 53.3 Å². The Kier molecular flexibility index (Phi) is 7.20. The van der Waals surface area contributed by atoms with Crippen LogP contribution in [0.4, 0.5) is 4.79 Å². The zero-order valence-electron chi connectivity index (χ0n) is 15.0. The van der Waals surface area contributed by atoms with Crippen molar-refractivity contribution >= 4 is 52.5 Å². The van der Waals surface area contributed by atoms with Crippen LogP contribution in [0.1, 0.15) is 12.5 Å². The predicted molar refractivity (Wildman–Crippen MR) is 104 cm³/mol. The van der Waals surface area contributed by atoms with E-state index in [1.165, 1.54) is 6.08 Å². The lowest BCUT2D eigenvalue weighted by Crippen LogP contribution is -2.36. The molecule has 0 bridgehead atoms. The molecule has 1 aliphatic heterocycles. The fraction of sp³-hybridized carbons (Fsp3) is 0.294. The first-order valence-corrected chi connectivity index (χ1v) is 9.07. The Hall–Kier alpha value is -2.83. The number of nitrogens with zero attached hydrogens (tertiary/aromatic N) is 1.